The highest BCUT2D eigenvalue weighted by atomic mass is 16.2. The first-order valence-corrected chi connectivity index (χ1v) is 8.77. The Balaban J connectivity index is 1.91. The Kier molecular flexibility index (Phi) is 6.59. The first-order valence-electron chi connectivity index (χ1n) is 8.77. The van der Waals surface area contributed by atoms with Crippen LogP contribution >= 0.6 is 0 Å². The average molecular weight is 328 g/mol. The standard InChI is InChI=1S/C20H28N2O2/c1-15-9-10-19(16(2)13-15)22(17(3)23)14-20(24)21-12-11-18-7-5-4-6-8-18/h7,9-10,13H,4-6,8,11-12,14H2,1-3H3,(H,21,24). The average Bonchev–Trinajstić information content (AvgIpc) is 2.54. The number of anilines is 1. The maximum absolute atomic E-state index is 12.2. The van der Waals surface area contributed by atoms with Crippen molar-refractivity contribution in [3.8, 4) is 0 Å². The van der Waals surface area contributed by atoms with E-state index in [1.807, 2.05) is 32.0 Å². The zero-order valence-electron chi connectivity index (χ0n) is 15.0. The zero-order chi connectivity index (χ0) is 17.5. The van der Waals surface area contributed by atoms with Crippen molar-refractivity contribution in [2.24, 2.45) is 0 Å². The SMILES string of the molecule is CC(=O)N(CC(=O)NCCC1=CCCCC1)c1ccc(C)cc1C. The van der Waals surface area contributed by atoms with Crippen LogP contribution in [0.25, 0.3) is 0 Å². The molecule has 0 bridgehead atoms. The van der Waals surface area contributed by atoms with E-state index in [4.69, 9.17) is 0 Å². The van der Waals surface area contributed by atoms with Gasteiger partial charge >= 0.3 is 0 Å². The number of amides is 2. The van der Waals surface area contributed by atoms with E-state index in [1.54, 1.807) is 4.90 Å². The molecule has 0 aromatic heterocycles. The molecule has 1 aliphatic carbocycles. The lowest BCUT2D eigenvalue weighted by Crippen LogP contribution is -2.40. The van der Waals surface area contributed by atoms with Crippen LogP contribution in [0.5, 0.6) is 0 Å². The molecular formula is C20H28N2O2. The van der Waals surface area contributed by atoms with Gasteiger partial charge in [-0.15, -0.1) is 0 Å². The van der Waals surface area contributed by atoms with Crippen LogP contribution in [0.4, 0.5) is 5.69 Å². The second kappa shape index (κ2) is 8.67. The molecule has 4 heteroatoms. The Labute approximate surface area is 144 Å². The molecule has 0 spiro atoms. The highest BCUT2D eigenvalue weighted by Crippen LogP contribution is 2.21. The summed E-state index contributed by atoms with van der Waals surface area (Å²) >= 11 is 0. The van der Waals surface area contributed by atoms with E-state index in [1.165, 1.54) is 25.3 Å². The summed E-state index contributed by atoms with van der Waals surface area (Å²) in [5.74, 6) is -0.228. The minimum atomic E-state index is -0.118. The summed E-state index contributed by atoms with van der Waals surface area (Å²) in [6.07, 6.45) is 8.05. The molecule has 2 rings (SSSR count). The van der Waals surface area contributed by atoms with Gasteiger partial charge in [-0.25, -0.2) is 0 Å². The molecule has 1 aromatic carbocycles. The molecule has 0 saturated heterocycles. The Morgan fingerprint density at radius 1 is 1.21 bits per heavy atom. The van der Waals surface area contributed by atoms with Crippen molar-refractivity contribution in [3.05, 3.63) is 41.0 Å². The second-order valence-corrected chi connectivity index (χ2v) is 6.60. The van der Waals surface area contributed by atoms with Crippen LogP contribution in [0.1, 0.15) is 50.2 Å². The lowest BCUT2D eigenvalue weighted by atomic mass is 9.97. The predicted molar refractivity (Wildman–Crippen MR) is 98.1 cm³/mol. The van der Waals surface area contributed by atoms with E-state index in [2.05, 4.69) is 11.4 Å². The number of hydrogen-bond acceptors (Lipinski definition) is 2. The number of nitrogens with zero attached hydrogens (tertiary/aromatic N) is 1. The lowest BCUT2D eigenvalue weighted by molar-refractivity contribution is -0.123. The van der Waals surface area contributed by atoms with Gasteiger partial charge in [0.05, 0.1) is 0 Å². The van der Waals surface area contributed by atoms with Crippen LogP contribution in [0.3, 0.4) is 0 Å². The van der Waals surface area contributed by atoms with E-state index in [9.17, 15) is 9.59 Å². The maximum atomic E-state index is 12.2. The van der Waals surface area contributed by atoms with E-state index in [-0.39, 0.29) is 18.4 Å². The van der Waals surface area contributed by atoms with Crippen LogP contribution in [0, 0.1) is 13.8 Å². The van der Waals surface area contributed by atoms with Gasteiger partial charge in [0, 0.05) is 19.2 Å². The van der Waals surface area contributed by atoms with Gasteiger partial charge in [-0.2, -0.15) is 0 Å². The molecular weight excluding hydrogens is 300 g/mol. The maximum Gasteiger partial charge on any atom is 0.240 e. The Hall–Kier alpha value is -2.10. The van der Waals surface area contributed by atoms with E-state index >= 15 is 0 Å². The largest absolute Gasteiger partial charge is 0.354 e. The number of rotatable bonds is 6. The van der Waals surface area contributed by atoms with Gasteiger partial charge in [-0.1, -0.05) is 29.3 Å². The number of benzene rings is 1. The Morgan fingerprint density at radius 2 is 2.00 bits per heavy atom. The fraction of sp³-hybridized carbons (Fsp3) is 0.500. The molecule has 130 valence electrons. The van der Waals surface area contributed by atoms with E-state index < -0.39 is 0 Å². The molecule has 2 amide bonds. The molecule has 0 saturated carbocycles. The third kappa shape index (κ3) is 5.22. The van der Waals surface area contributed by atoms with Crippen molar-refractivity contribution >= 4 is 17.5 Å². The third-order valence-corrected chi connectivity index (χ3v) is 4.48. The molecule has 1 aliphatic rings. The molecule has 0 heterocycles. The number of aryl methyl sites for hydroxylation is 2. The fourth-order valence-electron chi connectivity index (χ4n) is 3.17. The van der Waals surface area contributed by atoms with Gasteiger partial charge in [-0.3, -0.25) is 9.59 Å². The van der Waals surface area contributed by atoms with Crippen molar-refractivity contribution in [1.82, 2.24) is 5.32 Å². The number of carbonyl (C=O) groups excluding carboxylic acids is 2. The van der Waals surface area contributed by atoms with Gasteiger partial charge in [0.2, 0.25) is 11.8 Å². The van der Waals surface area contributed by atoms with Crippen molar-refractivity contribution in [2.75, 3.05) is 18.0 Å². The van der Waals surface area contributed by atoms with Gasteiger partial charge in [0.25, 0.3) is 0 Å². The third-order valence-electron chi connectivity index (χ3n) is 4.48. The Morgan fingerprint density at radius 3 is 2.62 bits per heavy atom. The summed E-state index contributed by atoms with van der Waals surface area (Å²) in [4.78, 5) is 25.7. The van der Waals surface area contributed by atoms with Crippen LogP contribution in [0.2, 0.25) is 0 Å². The van der Waals surface area contributed by atoms with Crippen molar-refractivity contribution in [3.63, 3.8) is 0 Å². The molecule has 4 nitrogen and oxygen atoms in total. The summed E-state index contributed by atoms with van der Waals surface area (Å²) in [6, 6.07) is 5.90. The molecule has 0 radical (unpaired) electrons. The monoisotopic (exact) mass is 328 g/mol. The highest BCUT2D eigenvalue weighted by Gasteiger charge is 2.17. The summed E-state index contributed by atoms with van der Waals surface area (Å²) in [6.45, 7) is 6.19. The summed E-state index contributed by atoms with van der Waals surface area (Å²) in [5.41, 5.74) is 4.40. The molecule has 1 N–H and O–H groups in total. The van der Waals surface area contributed by atoms with Gasteiger partial charge in [-0.05, 0) is 57.6 Å². The summed E-state index contributed by atoms with van der Waals surface area (Å²) in [7, 11) is 0. The van der Waals surface area contributed by atoms with E-state index in [0.29, 0.717) is 6.54 Å². The zero-order valence-corrected chi connectivity index (χ0v) is 15.0. The number of hydrogen-bond donors (Lipinski definition) is 1. The predicted octanol–water partition coefficient (Wildman–Crippen LogP) is 3.66. The molecule has 24 heavy (non-hydrogen) atoms. The van der Waals surface area contributed by atoms with Gasteiger partial charge in [0.1, 0.15) is 6.54 Å². The van der Waals surface area contributed by atoms with Gasteiger partial charge < -0.3 is 10.2 Å². The highest BCUT2D eigenvalue weighted by molar-refractivity contribution is 5.98. The minimum Gasteiger partial charge on any atom is -0.354 e. The van der Waals surface area contributed by atoms with Crippen LogP contribution < -0.4 is 10.2 Å². The number of carbonyl (C=O) groups is 2. The summed E-state index contributed by atoms with van der Waals surface area (Å²) in [5, 5.41) is 2.94. The van der Waals surface area contributed by atoms with Crippen molar-refractivity contribution in [2.45, 2.75) is 52.9 Å². The fourth-order valence-corrected chi connectivity index (χ4v) is 3.17. The molecule has 0 atom stereocenters. The molecule has 0 unspecified atom stereocenters. The Bertz CT molecular complexity index is 635. The molecule has 1 aromatic rings. The topological polar surface area (TPSA) is 49.4 Å². The number of nitrogens with one attached hydrogen (secondary N) is 1. The minimum absolute atomic E-state index is 0.0677. The quantitative estimate of drug-likeness (QED) is 0.810. The normalized spacial score (nSPS) is 14.0. The van der Waals surface area contributed by atoms with Crippen LogP contribution in [-0.4, -0.2) is 24.9 Å². The van der Waals surface area contributed by atoms with Crippen LogP contribution in [0.15, 0.2) is 29.8 Å². The summed E-state index contributed by atoms with van der Waals surface area (Å²) < 4.78 is 0. The smallest absolute Gasteiger partial charge is 0.240 e. The first kappa shape index (κ1) is 18.2. The van der Waals surface area contributed by atoms with Gasteiger partial charge in [0.15, 0.2) is 0 Å². The molecule has 0 fully saturated rings. The van der Waals surface area contributed by atoms with Crippen LogP contribution in [-0.2, 0) is 9.59 Å². The first-order chi connectivity index (χ1) is 11.5. The number of allylic oxidation sites excluding steroid dienone is 1. The van der Waals surface area contributed by atoms with Crippen molar-refractivity contribution < 1.29 is 9.59 Å². The van der Waals surface area contributed by atoms with E-state index in [0.717, 1.165) is 36.1 Å². The lowest BCUT2D eigenvalue weighted by Gasteiger charge is -2.23. The molecule has 0 aliphatic heterocycles. The van der Waals surface area contributed by atoms with Crippen molar-refractivity contribution in [1.29, 1.82) is 0 Å². The second-order valence-electron chi connectivity index (χ2n) is 6.60.